The molecule has 0 saturated carbocycles. The summed E-state index contributed by atoms with van der Waals surface area (Å²) >= 11 is 0. The van der Waals surface area contributed by atoms with E-state index >= 15 is 0 Å². The zero-order chi connectivity index (χ0) is 49.8. The molecule has 2 aromatic heterocycles. The Balaban J connectivity index is 1.07. The number of fused-ring (bicyclic) bond motifs is 4. The van der Waals surface area contributed by atoms with Crippen molar-refractivity contribution in [3.8, 4) is 39.6 Å². The van der Waals surface area contributed by atoms with Crippen molar-refractivity contribution < 1.29 is 4.74 Å². The fourth-order valence-electron chi connectivity index (χ4n) is 10.6. The maximum absolute atomic E-state index is 6.95. The molecule has 0 atom stereocenters. The predicted molar refractivity (Wildman–Crippen MR) is 302 cm³/mol. The molecule has 0 fully saturated rings. The Labute approximate surface area is 422 Å². The molecular formula is C66H70N4O. The van der Waals surface area contributed by atoms with E-state index in [0.717, 1.165) is 59.9 Å². The van der Waals surface area contributed by atoms with Gasteiger partial charge in [-0.25, -0.2) is 4.98 Å². The third kappa shape index (κ3) is 9.12. The van der Waals surface area contributed by atoms with Gasteiger partial charge in [0.2, 0.25) is 0 Å². The molecule has 5 nitrogen and oxygen atoms in total. The van der Waals surface area contributed by atoms with Crippen molar-refractivity contribution in [1.82, 2.24) is 9.55 Å². The quantitative estimate of drug-likeness (QED) is 0.129. The summed E-state index contributed by atoms with van der Waals surface area (Å²) in [5.41, 5.74) is 18.5. The Kier molecular flexibility index (Phi) is 12.4. The van der Waals surface area contributed by atoms with Crippen LogP contribution in [-0.4, -0.2) is 16.2 Å². The molecule has 0 amide bonds. The van der Waals surface area contributed by atoms with E-state index in [2.05, 4.69) is 248 Å². The number of hydrogen-bond acceptors (Lipinski definition) is 4. The number of ether oxygens (including phenoxy) is 1. The molecule has 0 bridgehead atoms. The van der Waals surface area contributed by atoms with Gasteiger partial charge >= 0.3 is 0 Å². The van der Waals surface area contributed by atoms with Crippen molar-refractivity contribution in [3.63, 3.8) is 0 Å². The van der Waals surface area contributed by atoms with Crippen LogP contribution in [0.4, 0.5) is 22.7 Å². The van der Waals surface area contributed by atoms with Gasteiger partial charge in [-0.05, 0) is 123 Å². The highest BCUT2D eigenvalue weighted by Crippen LogP contribution is 2.51. The van der Waals surface area contributed by atoms with Crippen LogP contribution >= 0.6 is 0 Å². The molecule has 5 heteroatoms. The molecular weight excluding hydrogens is 865 g/mol. The van der Waals surface area contributed by atoms with Crippen LogP contribution in [-0.2, 0) is 29.1 Å². The molecule has 0 aliphatic carbocycles. The molecule has 9 aromatic rings. The molecule has 1 aliphatic rings. The molecule has 0 radical (unpaired) electrons. The van der Waals surface area contributed by atoms with Gasteiger partial charge in [0.25, 0.3) is 0 Å². The summed E-state index contributed by atoms with van der Waals surface area (Å²) in [5, 5.41) is 2.56. The normalized spacial score (nSPS) is 13.1. The van der Waals surface area contributed by atoms with Gasteiger partial charge in [-0.3, -0.25) is 4.57 Å². The number of hydrogen-bond donors (Lipinski definition) is 0. The Morgan fingerprint density at radius 3 is 1.82 bits per heavy atom. The smallest absolute Gasteiger partial charge is 0.137 e. The van der Waals surface area contributed by atoms with Gasteiger partial charge in [-0.2, -0.15) is 0 Å². The van der Waals surface area contributed by atoms with Crippen molar-refractivity contribution in [1.29, 1.82) is 0 Å². The molecule has 10 rings (SSSR count). The highest BCUT2D eigenvalue weighted by Gasteiger charge is 2.32. The van der Waals surface area contributed by atoms with Crippen LogP contribution < -0.4 is 14.5 Å². The van der Waals surface area contributed by atoms with E-state index in [1.165, 1.54) is 77.7 Å². The molecule has 7 aromatic carbocycles. The average Bonchev–Trinajstić information content (AvgIpc) is 3.90. The molecule has 0 N–H and O–H groups in total. The zero-order valence-corrected chi connectivity index (χ0v) is 43.8. The summed E-state index contributed by atoms with van der Waals surface area (Å²) in [6.45, 7) is 25.9. The van der Waals surface area contributed by atoms with Crippen molar-refractivity contribution in [2.45, 2.75) is 118 Å². The van der Waals surface area contributed by atoms with E-state index in [-0.39, 0.29) is 16.2 Å². The second-order valence-corrected chi connectivity index (χ2v) is 22.7. The maximum Gasteiger partial charge on any atom is 0.137 e. The Morgan fingerprint density at radius 1 is 0.507 bits per heavy atom. The average molecular weight is 935 g/mol. The number of rotatable bonds is 11. The summed E-state index contributed by atoms with van der Waals surface area (Å²) in [7, 11) is 0. The summed E-state index contributed by atoms with van der Waals surface area (Å²) in [5.74, 6) is 2.49. The van der Waals surface area contributed by atoms with E-state index in [9.17, 15) is 0 Å². The third-order valence-electron chi connectivity index (χ3n) is 14.4. The van der Waals surface area contributed by atoms with Gasteiger partial charge in [0.1, 0.15) is 24.0 Å². The van der Waals surface area contributed by atoms with Crippen molar-refractivity contribution in [2.75, 3.05) is 16.5 Å². The minimum atomic E-state index is -0.0218. The Morgan fingerprint density at radius 2 is 1.14 bits per heavy atom. The Bertz CT molecular complexity index is 3380. The lowest BCUT2D eigenvalue weighted by Gasteiger charge is -2.29. The topological polar surface area (TPSA) is 33.5 Å². The monoisotopic (exact) mass is 935 g/mol. The third-order valence-corrected chi connectivity index (χ3v) is 14.4. The highest BCUT2D eigenvalue weighted by atomic mass is 16.5. The number of nitrogens with zero attached hydrogens (tertiary/aromatic N) is 4. The van der Waals surface area contributed by atoms with Gasteiger partial charge in [0.05, 0.1) is 28.1 Å². The first kappa shape index (κ1) is 47.6. The summed E-state index contributed by atoms with van der Waals surface area (Å²) < 4.78 is 9.31. The van der Waals surface area contributed by atoms with Crippen LogP contribution in [0.5, 0.6) is 11.5 Å². The van der Waals surface area contributed by atoms with Crippen LogP contribution in [0.25, 0.3) is 49.9 Å². The summed E-state index contributed by atoms with van der Waals surface area (Å²) in [4.78, 5) is 9.98. The molecule has 3 heterocycles. The number of aryl methyl sites for hydroxylation is 2. The van der Waals surface area contributed by atoms with Crippen LogP contribution in [0, 0.1) is 0 Å². The number of benzene rings is 7. The minimum Gasteiger partial charge on any atom is -0.457 e. The van der Waals surface area contributed by atoms with Crippen LogP contribution in [0.2, 0.25) is 0 Å². The standard InChI is InChI=1S/C66H70N4O/c1-12-21-44-31-34-59-62(53(44)22-13-2)56-33-32-52(42-60(56)70(59)61-40-47(35-36-67-61)64(3,4)5)71-51-26-19-25-50(41-51)68-43-69(58-30-18-17-29-57(58)68)63-54(45-23-15-14-16-24-45)27-20-28-55(63)46-37-48(65(6,7)8)39-49(38-46)66(9,10)11/h14-20,23-42H,12-13,21-22,43H2,1-11H3. The molecule has 71 heavy (non-hydrogen) atoms. The number of pyridine rings is 1. The molecule has 1 aliphatic heterocycles. The van der Waals surface area contributed by atoms with Gasteiger partial charge in [-0.1, -0.05) is 180 Å². The number of aromatic nitrogens is 2. The first-order valence-electron chi connectivity index (χ1n) is 25.8. The summed E-state index contributed by atoms with van der Waals surface area (Å²) in [6, 6.07) is 58.1. The van der Waals surface area contributed by atoms with Crippen LogP contribution in [0.3, 0.4) is 0 Å². The lowest BCUT2D eigenvalue weighted by atomic mass is 9.78. The molecule has 0 spiro atoms. The van der Waals surface area contributed by atoms with Crippen molar-refractivity contribution in [2.24, 2.45) is 0 Å². The molecule has 0 unspecified atom stereocenters. The van der Waals surface area contributed by atoms with E-state index < -0.39 is 0 Å². The van der Waals surface area contributed by atoms with Crippen molar-refractivity contribution in [3.05, 3.63) is 192 Å². The van der Waals surface area contributed by atoms with Crippen molar-refractivity contribution >= 4 is 44.6 Å². The van der Waals surface area contributed by atoms with Gasteiger partial charge in [-0.15, -0.1) is 0 Å². The lowest BCUT2D eigenvalue weighted by molar-refractivity contribution is 0.483. The number of para-hydroxylation sites is 3. The second kappa shape index (κ2) is 18.6. The van der Waals surface area contributed by atoms with Gasteiger partial charge in [0, 0.05) is 45.9 Å². The Hall–Kier alpha value is -7.11. The fraction of sp³-hybridized carbons (Fsp3) is 0.288. The SMILES string of the molecule is CCCc1ccc2c(c1CCC)c1ccc(Oc3cccc(N4CN(c5c(-c6ccccc6)cccc5-c5cc(C(C)(C)C)cc(C(C)(C)C)c5)c5ccccc54)c3)cc1n2-c1cc(C(C)(C)C)ccn1. The molecule has 360 valence electrons. The number of anilines is 4. The van der Waals surface area contributed by atoms with E-state index in [1.807, 2.05) is 6.20 Å². The fourth-order valence-corrected chi connectivity index (χ4v) is 10.6. The maximum atomic E-state index is 6.95. The largest absolute Gasteiger partial charge is 0.457 e. The second-order valence-electron chi connectivity index (χ2n) is 22.7. The van der Waals surface area contributed by atoms with Gasteiger partial charge < -0.3 is 14.5 Å². The molecule has 0 saturated heterocycles. The first-order valence-corrected chi connectivity index (χ1v) is 25.8. The van der Waals surface area contributed by atoms with E-state index in [0.29, 0.717) is 6.67 Å². The highest BCUT2D eigenvalue weighted by molar-refractivity contribution is 6.11. The first-order chi connectivity index (χ1) is 34.0. The van der Waals surface area contributed by atoms with Crippen LogP contribution in [0.1, 0.15) is 117 Å². The van der Waals surface area contributed by atoms with E-state index in [1.54, 1.807) is 0 Å². The predicted octanol–water partition coefficient (Wildman–Crippen LogP) is 18.3. The van der Waals surface area contributed by atoms with E-state index in [4.69, 9.17) is 9.72 Å². The lowest BCUT2D eigenvalue weighted by Crippen LogP contribution is -2.25. The van der Waals surface area contributed by atoms with Gasteiger partial charge in [0.15, 0.2) is 0 Å². The summed E-state index contributed by atoms with van der Waals surface area (Å²) in [6.07, 6.45) is 6.26. The van der Waals surface area contributed by atoms with Crippen LogP contribution in [0.15, 0.2) is 164 Å². The zero-order valence-electron chi connectivity index (χ0n) is 43.8. The minimum absolute atomic E-state index is 0.0206.